The maximum atomic E-state index is 12.6. The number of hydrogen-bond acceptors (Lipinski definition) is 5. The molecule has 0 radical (unpaired) electrons. The van der Waals surface area contributed by atoms with Gasteiger partial charge in [-0.15, -0.1) is 0 Å². The highest BCUT2D eigenvalue weighted by molar-refractivity contribution is 7.86. The molecule has 0 aliphatic carbocycles. The molecule has 0 spiro atoms. The maximum Gasteiger partial charge on any atom is 0.308 e. The van der Waals surface area contributed by atoms with Gasteiger partial charge in [-0.1, -0.05) is 0 Å². The Balaban J connectivity index is 1.94. The van der Waals surface area contributed by atoms with Gasteiger partial charge in [0.15, 0.2) is 0 Å². The predicted octanol–water partition coefficient (Wildman–Crippen LogP) is -0.0370. The largest absolute Gasteiger partial charge is 0.469 e. The van der Waals surface area contributed by atoms with E-state index in [0.29, 0.717) is 51.9 Å². The number of methoxy groups -OCH3 is 1. The molecular weight excluding hydrogens is 296 g/mol. The van der Waals surface area contributed by atoms with Gasteiger partial charge in [-0.3, -0.25) is 4.79 Å². The first kappa shape index (κ1) is 16.7. The molecule has 0 aromatic carbocycles. The van der Waals surface area contributed by atoms with Crippen LogP contribution in [0.2, 0.25) is 0 Å². The minimum atomic E-state index is -3.49. The number of hydrogen-bond donors (Lipinski definition) is 1. The van der Waals surface area contributed by atoms with Gasteiger partial charge in [0.05, 0.1) is 18.6 Å². The van der Waals surface area contributed by atoms with E-state index in [1.807, 2.05) is 0 Å². The maximum absolute atomic E-state index is 12.6. The van der Waals surface area contributed by atoms with Gasteiger partial charge in [0.1, 0.15) is 0 Å². The summed E-state index contributed by atoms with van der Waals surface area (Å²) in [5, 5.41) is 9.90. The SMILES string of the molecule is COC(=O)C1CCN(S(=O)(=O)N2CCC(C)(O)CC2)CC1. The molecule has 0 saturated carbocycles. The molecule has 2 saturated heterocycles. The quantitative estimate of drug-likeness (QED) is 0.738. The van der Waals surface area contributed by atoms with E-state index in [2.05, 4.69) is 0 Å². The topological polar surface area (TPSA) is 87.2 Å². The van der Waals surface area contributed by atoms with E-state index in [1.54, 1.807) is 6.92 Å². The van der Waals surface area contributed by atoms with Crippen molar-refractivity contribution in [1.82, 2.24) is 8.61 Å². The molecule has 0 aromatic heterocycles. The Morgan fingerprint density at radius 3 is 2.10 bits per heavy atom. The molecule has 8 heteroatoms. The van der Waals surface area contributed by atoms with Crippen LogP contribution >= 0.6 is 0 Å². The molecule has 2 heterocycles. The Bertz CT molecular complexity index is 473. The normalized spacial score (nSPS) is 25.7. The zero-order valence-electron chi connectivity index (χ0n) is 12.6. The third kappa shape index (κ3) is 3.74. The van der Waals surface area contributed by atoms with Gasteiger partial charge < -0.3 is 9.84 Å². The van der Waals surface area contributed by atoms with Crippen molar-refractivity contribution in [3.63, 3.8) is 0 Å². The van der Waals surface area contributed by atoms with E-state index >= 15 is 0 Å². The molecule has 2 fully saturated rings. The number of carbonyl (C=O) groups is 1. The molecule has 7 nitrogen and oxygen atoms in total. The second kappa shape index (κ2) is 6.20. The molecular formula is C13H24N2O5S. The van der Waals surface area contributed by atoms with Crippen LogP contribution in [-0.4, -0.2) is 67.0 Å². The second-order valence-corrected chi connectivity index (χ2v) is 8.03. The summed E-state index contributed by atoms with van der Waals surface area (Å²) >= 11 is 0. The third-order valence-corrected chi connectivity index (χ3v) is 6.48. The molecule has 0 aromatic rings. The van der Waals surface area contributed by atoms with Crippen molar-refractivity contribution < 1.29 is 23.1 Å². The van der Waals surface area contributed by atoms with Crippen molar-refractivity contribution in [3.8, 4) is 0 Å². The molecule has 2 aliphatic heterocycles. The molecule has 2 rings (SSSR count). The van der Waals surface area contributed by atoms with E-state index < -0.39 is 15.8 Å². The van der Waals surface area contributed by atoms with Gasteiger partial charge in [0, 0.05) is 26.2 Å². The van der Waals surface area contributed by atoms with Crippen molar-refractivity contribution in [2.75, 3.05) is 33.3 Å². The summed E-state index contributed by atoms with van der Waals surface area (Å²) in [7, 11) is -2.14. The van der Waals surface area contributed by atoms with Crippen LogP contribution in [0, 0.1) is 5.92 Å². The number of ether oxygens (including phenoxy) is 1. The molecule has 0 atom stereocenters. The minimum absolute atomic E-state index is 0.205. The summed E-state index contributed by atoms with van der Waals surface area (Å²) in [6.45, 7) is 3.10. The summed E-state index contributed by atoms with van der Waals surface area (Å²) in [5.74, 6) is -0.468. The highest BCUT2D eigenvalue weighted by atomic mass is 32.2. The molecule has 1 N–H and O–H groups in total. The zero-order valence-corrected chi connectivity index (χ0v) is 13.4. The Morgan fingerprint density at radius 2 is 1.62 bits per heavy atom. The smallest absolute Gasteiger partial charge is 0.308 e. The van der Waals surface area contributed by atoms with Crippen molar-refractivity contribution in [2.24, 2.45) is 5.92 Å². The van der Waals surface area contributed by atoms with Gasteiger partial charge in [0.25, 0.3) is 10.2 Å². The summed E-state index contributed by atoms with van der Waals surface area (Å²) in [6, 6.07) is 0. The van der Waals surface area contributed by atoms with E-state index in [1.165, 1.54) is 15.7 Å². The number of nitrogens with zero attached hydrogens (tertiary/aromatic N) is 2. The Morgan fingerprint density at radius 1 is 1.14 bits per heavy atom. The lowest BCUT2D eigenvalue weighted by molar-refractivity contribution is -0.146. The fourth-order valence-electron chi connectivity index (χ4n) is 2.85. The lowest BCUT2D eigenvalue weighted by atomic mass is 9.95. The number of esters is 1. The summed E-state index contributed by atoms with van der Waals surface area (Å²) in [5.41, 5.74) is -0.774. The van der Waals surface area contributed by atoms with Gasteiger partial charge in [-0.2, -0.15) is 17.0 Å². The van der Waals surface area contributed by atoms with Crippen molar-refractivity contribution in [2.45, 2.75) is 38.2 Å². The van der Waals surface area contributed by atoms with Crippen LogP contribution in [0.15, 0.2) is 0 Å². The van der Waals surface area contributed by atoms with Gasteiger partial charge in [-0.05, 0) is 32.6 Å². The highest BCUT2D eigenvalue weighted by Crippen LogP contribution is 2.27. The predicted molar refractivity (Wildman–Crippen MR) is 76.7 cm³/mol. The van der Waals surface area contributed by atoms with Crippen LogP contribution in [0.1, 0.15) is 32.6 Å². The average Bonchev–Trinajstić information content (AvgIpc) is 2.46. The first-order valence-electron chi connectivity index (χ1n) is 7.32. The monoisotopic (exact) mass is 320 g/mol. The van der Waals surface area contributed by atoms with Crippen LogP contribution in [0.25, 0.3) is 0 Å². The highest BCUT2D eigenvalue weighted by Gasteiger charge is 2.38. The Hall–Kier alpha value is -0.700. The van der Waals surface area contributed by atoms with Crippen LogP contribution in [0.4, 0.5) is 0 Å². The first-order valence-corrected chi connectivity index (χ1v) is 8.71. The van der Waals surface area contributed by atoms with E-state index in [-0.39, 0.29) is 11.9 Å². The number of rotatable bonds is 3. The van der Waals surface area contributed by atoms with Crippen LogP contribution in [0.5, 0.6) is 0 Å². The molecule has 0 amide bonds. The van der Waals surface area contributed by atoms with Crippen LogP contribution < -0.4 is 0 Å². The minimum Gasteiger partial charge on any atom is -0.469 e. The van der Waals surface area contributed by atoms with Crippen LogP contribution in [0.3, 0.4) is 0 Å². The van der Waals surface area contributed by atoms with Crippen molar-refractivity contribution in [3.05, 3.63) is 0 Å². The fraction of sp³-hybridized carbons (Fsp3) is 0.923. The summed E-state index contributed by atoms with van der Waals surface area (Å²) < 4.78 is 32.7. The fourth-order valence-corrected chi connectivity index (χ4v) is 4.49. The average molecular weight is 320 g/mol. The lowest BCUT2D eigenvalue weighted by Crippen LogP contribution is -2.52. The number of aliphatic hydroxyl groups is 1. The van der Waals surface area contributed by atoms with E-state index in [0.717, 1.165) is 0 Å². The molecule has 122 valence electrons. The number of carbonyl (C=O) groups excluding carboxylic acids is 1. The molecule has 2 aliphatic rings. The molecule has 0 bridgehead atoms. The molecule has 0 unspecified atom stereocenters. The third-order valence-electron chi connectivity index (χ3n) is 4.44. The van der Waals surface area contributed by atoms with Crippen molar-refractivity contribution >= 4 is 16.2 Å². The zero-order chi connectivity index (χ0) is 15.7. The van der Waals surface area contributed by atoms with E-state index in [4.69, 9.17) is 4.74 Å². The first-order chi connectivity index (χ1) is 9.76. The molecule has 21 heavy (non-hydrogen) atoms. The second-order valence-electron chi connectivity index (χ2n) is 6.10. The summed E-state index contributed by atoms with van der Waals surface area (Å²) in [4.78, 5) is 11.5. The van der Waals surface area contributed by atoms with Gasteiger partial charge in [-0.25, -0.2) is 0 Å². The summed E-state index contributed by atoms with van der Waals surface area (Å²) in [6.07, 6.45) is 1.89. The van der Waals surface area contributed by atoms with Gasteiger partial charge >= 0.3 is 5.97 Å². The van der Waals surface area contributed by atoms with Gasteiger partial charge in [0.2, 0.25) is 0 Å². The number of piperidine rings is 2. The standard InChI is InChI=1S/C13H24N2O5S/c1-13(17)5-9-15(10-6-13)21(18,19)14-7-3-11(4-8-14)12(16)20-2/h11,17H,3-10H2,1-2H3. The Labute approximate surface area is 126 Å². The van der Waals surface area contributed by atoms with E-state index in [9.17, 15) is 18.3 Å². The Kier molecular flexibility index (Phi) is 4.92. The van der Waals surface area contributed by atoms with Crippen LogP contribution in [-0.2, 0) is 19.7 Å². The van der Waals surface area contributed by atoms with Crippen molar-refractivity contribution in [1.29, 1.82) is 0 Å². The lowest BCUT2D eigenvalue weighted by Gasteiger charge is -2.39.